The van der Waals surface area contributed by atoms with Crippen molar-refractivity contribution in [1.29, 1.82) is 0 Å². The average Bonchev–Trinajstić information content (AvgIpc) is 2.24. The second-order valence-electron chi connectivity index (χ2n) is 4.07. The highest BCUT2D eigenvalue weighted by Gasteiger charge is 2.22. The molecule has 1 saturated heterocycles. The third-order valence-electron chi connectivity index (χ3n) is 2.64. The first-order valence-corrected chi connectivity index (χ1v) is 5.90. The maximum absolute atomic E-state index is 9.09. The molecule has 0 amide bonds. The van der Waals surface area contributed by atoms with Gasteiger partial charge in [-0.15, -0.1) is 0 Å². The van der Waals surface area contributed by atoms with Crippen molar-refractivity contribution < 1.29 is 9.84 Å². The van der Waals surface area contributed by atoms with Crippen molar-refractivity contribution in [2.45, 2.75) is 12.5 Å². The Labute approximate surface area is 101 Å². The van der Waals surface area contributed by atoms with E-state index in [1.807, 2.05) is 24.3 Å². The molecule has 2 rings (SSSR count). The van der Waals surface area contributed by atoms with Crippen molar-refractivity contribution in [2.75, 3.05) is 26.2 Å². The number of hydrogen-bond donors (Lipinski definition) is 1. The monoisotopic (exact) mass is 241 g/mol. The number of hydrogen-bond acceptors (Lipinski definition) is 3. The Morgan fingerprint density at radius 3 is 2.62 bits per heavy atom. The molecule has 0 saturated carbocycles. The molecule has 16 heavy (non-hydrogen) atoms. The maximum Gasteiger partial charge on any atom is 0.119 e. The number of nitrogens with zero attached hydrogens (tertiary/aromatic N) is 1. The molecular weight excluding hydrogens is 226 g/mol. The predicted molar refractivity (Wildman–Crippen MR) is 64.0 cm³/mol. The summed E-state index contributed by atoms with van der Waals surface area (Å²) in [4.78, 5) is 2.22. The van der Waals surface area contributed by atoms with Crippen LogP contribution in [-0.2, 0) is 0 Å². The van der Waals surface area contributed by atoms with Crippen LogP contribution in [0, 0.1) is 0 Å². The zero-order chi connectivity index (χ0) is 11.4. The van der Waals surface area contributed by atoms with Gasteiger partial charge in [0.2, 0.25) is 0 Å². The first-order valence-electron chi connectivity index (χ1n) is 5.53. The standard InChI is InChI=1S/C12H16ClNO2/c13-10-2-4-12(5-3-10)16-7-1-6-14-8-11(15)9-14/h2-5,11,15H,1,6-9H2. The van der Waals surface area contributed by atoms with Crippen LogP contribution in [0.3, 0.4) is 0 Å². The van der Waals surface area contributed by atoms with E-state index in [-0.39, 0.29) is 6.10 Å². The first kappa shape index (κ1) is 11.7. The van der Waals surface area contributed by atoms with Crippen LogP contribution in [0.15, 0.2) is 24.3 Å². The molecule has 1 aliphatic heterocycles. The maximum atomic E-state index is 9.09. The molecule has 1 aliphatic rings. The fourth-order valence-electron chi connectivity index (χ4n) is 1.73. The molecule has 1 heterocycles. The highest BCUT2D eigenvalue weighted by atomic mass is 35.5. The third-order valence-corrected chi connectivity index (χ3v) is 2.89. The predicted octanol–water partition coefficient (Wildman–Crippen LogP) is 1.79. The van der Waals surface area contributed by atoms with Crippen molar-refractivity contribution in [3.63, 3.8) is 0 Å². The van der Waals surface area contributed by atoms with Crippen molar-refractivity contribution in [3.8, 4) is 5.75 Å². The summed E-state index contributed by atoms with van der Waals surface area (Å²) in [6.07, 6.45) is 0.868. The number of benzene rings is 1. The smallest absolute Gasteiger partial charge is 0.119 e. The second-order valence-corrected chi connectivity index (χ2v) is 4.51. The minimum Gasteiger partial charge on any atom is -0.494 e. The van der Waals surface area contributed by atoms with Crippen molar-refractivity contribution >= 4 is 11.6 Å². The molecular formula is C12H16ClNO2. The van der Waals surface area contributed by atoms with E-state index in [1.165, 1.54) is 0 Å². The average molecular weight is 242 g/mol. The van der Waals surface area contributed by atoms with Gasteiger partial charge in [-0.05, 0) is 30.7 Å². The molecule has 0 spiro atoms. The second kappa shape index (κ2) is 5.53. The van der Waals surface area contributed by atoms with E-state index < -0.39 is 0 Å². The zero-order valence-electron chi connectivity index (χ0n) is 9.10. The Bertz CT molecular complexity index is 322. The van der Waals surface area contributed by atoms with Gasteiger partial charge >= 0.3 is 0 Å². The molecule has 0 atom stereocenters. The van der Waals surface area contributed by atoms with E-state index >= 15 is 0 Å². The number of halogens is 1. The lowest BCUT2D eigenvalue weighted by Crippen LogP contribution is -2.50. The molecule has 1 N–H and O–H groups in total. The number of likely N-dealkylation sites (tertiary alicyclic amines) is 1. The van der Waals surface area contributed by atoms with Gasteiger partial charge in [0.1, 0.15) is 5.75 Å². The lowest BCUT2D eigenvalue weighted by molar-refractivity contribution is 0.0000486. The SMILES string of the molecule is OC1CN(CCCOc2ccc(Cl)cc2)C1. The van der Waals surface area contributed by atoms with Gasteiger partial charge in [-0.2, -0.15) is 0 Å². The van der Waals surface area contributed by atoms with Crippen LogP contribution in [0.1, 0.15) is 6.42 Å². The van der Waals surface area contributed by atoms with Crippen LogP contribution in [0.25, 0.3) is 0 Å². The summed E-state index contributed by atoms with van der Waals surface area (Å²) in [5, 5.41) is 9.82. The largest absolute Gasteiger partial charge is 0.494 e. The summed E-state index contributed by atoms with van der Waals surface area (Å²) in [5.74, 6) is 0.855. The molecule has 0 unspecified atom stereocenters. The van der Waals surface area contributed by atoms with E-state index in [1.54, 1.807) is 0 Å². The van der Waals surface area contributed by atoms with E-state index in [2.05, 4.69) is 4.90 Å². The van der Waals surface area contributed by atoms with Crippen molar-refractivity contribution in [2.24, 2.45) is 0 Å². The van der Waals surface area contributed by atoms with E-state index in [9.17, 15) is 0 Å². The van der Waals surface area contributed by atoms with E-state index in [0.717, 1.165) is 36.8 Å². The van der Waals surface area contributed by atoms with Crippen LogP contribution in [0.2, 0.25) is 5.02 Å². The number of ether oxygens (including phenoxy) is 1. The summed E-state index contributed by atoms with van der Waals surface area (Å²) < 4.78 is 5.56. The molecule has 0 aromatic heterocycles. The molecule has 4 heteroatoms. The quantitative estimate of drug-likeness (QED) is 0.798. The molecule has 0 bridgehead atoms. The fourth-order valence-corrected chi connectivity index (χ4v) is 1.86. The van der Waals surface area contributed by atoms with E-state index in [4.69, 9.17) is 21.4 Å². The van der Waals surface area contributed by atoms with Crippen molar-refractivity contribution in [3.05, 3.63) is 29.3 Å². The van der Waals surface area contributed by atoms with Gasteiger partial charge in [-0.3, -0.25) is 4.90 Å². The Morgan fingerprint density at radius 1 is 1.31 bits per heavy atom. The molecule has 1 aromatic carbocycles. The lowest BCUT2D eigenvalue weighted by atomic mass is 10.1. The Balaban J connectivity index is 1.59. The number of aliphatic hydroxyl groups excluding tert-OH is 1. The topological polar surface area (TPSA) is 32.7 Å². The highest BCUT2D eigenvalue weighted by Crippen LogP contribution is 2.15. The number of rotatable bonds is 5. The lowest BCUT2D eigenvalue weighted by Gasteiger charge is -2.35. The zero-order valence-corrected chi connectivity index (χ0v) is 9.86. The summed E-state index contributed by atoms with van der Waals surface area (Å²) in [6.45, 7) is 3.31. The molecule has 0 radical (unpaired) electrons. The number of β-amino-alcohol motifs (C(OH)–C–C–N with tert-alkyl or cyclic N) is 1. The minimum absolute atomic E-state index is 0.114. The normalized spacial score (nSPS) is 17.1. The number of aliphatic hydroxyl groups is 1. The fraction of sp³-hybridized carbons (Fsp3) is 0.500. The summed E-state index contributed by atoms with van der Waals surface area (Å²) >= 11 is 5.77. The van der Waals surface area contributed by atoms with Crippen LogP contribution in [0.5, 0.6) is 5.75 Å². The van der Waals surface area contributed by atoms with Gasteiger partial charge in [-0.25, -0.2) is 0 Å². The van der Waals surface area contributed by atoms with Gasteiger partial charge < -0.3 is 9.84 Å². The summed E-state index contributed by atoms with van der Waals surface area (Å²) in [5.41, 5.74) is 0. The van der Waals surface area contributed by atoms with Crippen LogP contribution in [0.4, 0.5) is 0 Å². The van der Waals surface area contributed by atoms with Crippen LogP contribution in [-0.4, -0.2) is 42.4 Å². The first-order chi connectivity index (χ1) is 7.74. The van der Waals surface area contributed by atoms with Crippen LogP contribution < -0.4 is 4.74 Å². The van der Waals surface area contributed by atoms with Gasteiger partial charge in [0.15, 0.2) is 0 Å². The van der Waals surface area contributed by atoms with Crippen molar-refractivity contribution in [1.82, 2.24) is 4.90 Å². The van der Waals surface area contributed by atoms with Gasteiger partial charge in [0.05, 0.1) is 12.7 Å². The molecule has 0 aliphatic carbocycles. The Hall–Kier alpha value is -0.770. The van der Waals surface area contributed by atoms with E-state index in [0.29, 0.717) is 6.61 Å². The highest BCUT2D eigenvalue weighted by molar-refractivity contribution is 6.30. The van der Waals surface area contributed by atoms with Gasteiger partial charge in [0.25, 0.3) is 0 Å². The van der Waals surface area contributed by atoms with Gasteiger partial charge in [0, 0.05) is 24.7 Å². The summed E-state index contributed by atoms with van der Waals surface area (Å²) in [6, 6.07) is 7.39. The molecule has 1 aromatic rings. The Kier molecular flexibility index (Phi) is 4.04. The molecule has 3 nitrogen and oxygen atoms in total. The summed E-state index contributed by atoms with van der Waals surface area (Å²) in [7, 11) is 0. The molecule has 1 fully saturated rings. The minimum atomic E-state index is -0.114. The third kappa shape index (κ3) is 3.37. The Morgan fingerprint density at radius 2 is 2.00 bits per heavy atom. The van der Waals surface area contributed by atoms with Crippen LogP contribution >= 0.6 is 11.6 Å². The molecule has 88 valence electrons. The van der Waals surface area contributed by atoms with Gasteiger partial charge in [-0.1, -0.05) is 11.6 Å².